The molecule has 86 valence electrons. The Hall–Kier alpha value is -1.57. The van der Waals surface area contributed by atoms with E-state index < -0.39 is 0 Å². The number of fused-ring (bicyclic) bond motifs is 2. The van der Waals surface area contributed by atoms with E-state index in [-0.39, 0.29) is 5.91 Å². The SMILES string of the molecule is CC12CC3=C(CN(c4ccccc4)C3=O)C1C2. The van der Waals surface area contributed by atoms with Gasteiger partial charge in [0.2, 0.25) is 0 Å². The molecule has 2 unspecified atom stereocenters. The molecule has 2 aliphatic carbocycles. The van der Waals surface area contributed by atoms with Crippen LogP contribution in [0.2, 0.25) is 0 Å². The fourth-order valence-corrected chi connectivity index (χ4v) is 3.51. The van der Waals surface area contributed by atoms with Crippen molar-refractivity contribution in [2.45, 2.75) is 19.8 Å². The van der Waals surface area contributed by atoms with Gasteiger partial charge in [-0.1, -0.05) is 25.1 Å². The van der Waals surface area contributed by atoms with Crippen LogP contribution in [0, 0.1) is 11.3 Å². The number of carbonyl (C=O) groups excluding carboxylic acids is 1. The minimum atomic E-state index is 0.250. The van der Waals surface area contributed by atoms with Crippen molar-refractivity contribution < 1.29 is 4.79 Å². The lowest BCUT2D eigenvalue weighted by molar-refractivity contribution is -0.114. The topological polar surface area (TPSA) is 20.3 Å². The Morgan fingerprint density at radius 2 is 2.06 bits per heavy atom. The van der Waals surface area contributed by atoms with Crippen LogP contribution >= 0.6 is 0 Å². The summed E-state index contributed by atoms with van der Waals surface area (Å²) in [6.07, 6.45) is 2.30. The second kappa shape index (κ2) is 2.81. The molecule has 1 fully saturated rings. The van der Waals surface area contributed by atoms with E-state index in [9.17, 15) is 4.79 Å². The van der Waals surface area contributed by atoms with Gasteiger partial charge in [0.25, 0.3) is 5.91 Å². The standard InChI is InChI=1S/C15H15NO/c1-15-7-11-12(13(15)8-15)9-16(14(11)17)10-5-3-2-4-6-10/h2-6,13H,7-9H2,1H3. The van der Waals surface area contributed by atoms with E-state index in [2.05, 4.69) is 6.92 Å². The Morgan fingerprint density at radius 1 is 1.29 bits per heavy atom. The summed E-state index contributed by atoms with van der Waals surface area (Å²) in [6, 6.07) is 10.0. The maximum absolute atomic E-state index is 12.4. The van der Waals surface area contributed by atoms with Crippen LogP contribution in [0.3, 0.4) is 0 Å². The van der Waals surface area contributed by atoms with E-state index in [4.69, 9.17) is 0 Å². The number of hydrogen-bond acceptors (Lipinski definition) is 1. The van der Waals surface area contributed by atoms with Gasteiger partial charge in [-0.2, -0.15) is 0 Å². The molecule has 0 bridgehead atoms. The lowest BCUT2D eigenvalue weighted by atomic mass is 10.0. The summed E-state index contributed by atoms with van der Waals surface area (Å²) in [5.41, 5.74) is 4.03. The van der Waals surface area contributed by atoms with E-state index in [1.165, 1.54) is 12.0 Å². The van der Waals surface area contributed by atoms with Crippen molar-refractivity contribution in [2.24, 2.45) is 11.3 Å². The Labute approximate surface area is 101 Å². The maximum atomic E-state index is 12.4. The molecule has 17 heavy (non-hydrogen) atoms. The highest BCUT2D eigenvalue weighted by Crippen LogP contribution is 2.66. The van der Waals surface area contributed by atoms with E-state index in [1.54, 1.807) is 0 Å². The number of carbonyl (C=O) groups is 1. The van der Waals surface area contributed by atoms with Gasteiger partial charge in [-0.3, -0.25) is 4.79 Å². The summed E-state index contributed by atoms with van der Waals surface area (Å²) in [6.45, 7) is 3.15. The molecule has 0 aromatic heterocycles. The van der Waals surface area contributed by atoms with E-state index >= 15 is 0 Å². The Bertz CT molecular complexity index is 545. The van der Waals surface area contributed by atoms with Gasteiger partial charge in [0, 0.05) is 17.8 Å². The Kier molecular flexibility index (Phi) is 1.56. The first-order valence-electron chi connectivity index (χ1n) is 6.28. The summed E-state index contributed by atoms with van der Waals surface area (Å²) in [5.74, 6) is 0.954. The lowest BCUT2D eigenvalue weighted by Crippen LogP contribution is -2.28. The first-order valence-corrected chi connectivity index (χ1v) is 6.28. The summed E-state index contributed by atoms with van der Waals surface area (Å²) in [5, 5.41) is 0. The zero-order valence-corrected chi connectivity index (χ0v) is 9.94. The van der Waals surface area contributed by atoms with Gasteiger partial charge in [0.15, 0.2) is 0 Å². The fourth-order valence-electron chi connectivity index (χ4n) is 3.51. The van der Waals surface area contributed by atoms with Gasteiger partial charge in [0.1, 0.15) is 0 Å². The number of nitrogens with zero attached hydrogens (tertiary/aromatic N) is 1. The highest BCUT2D eigenvalue weighted by atomic mass is 16.2. The molecule has 1 heterocycles. The Balaban J connectivity index is 1.67. The quantitative estimate of drug-likeness (QED) is 0.719. The highest BCUT2D eigenvalue weighted by Gasteiger charge is 2.60. The molecule has 1 aromatic carbocycles. The molecule has 2 atom stereocenters. The molecule has 3 aliphatic rings. The van der Waals surface area contributed by atoms with Crippen molar-refractivity contribution in [1.82, 2.24) is 0 Å². The molecule has 0 spiro atoms. The predicted molar refractivity (Wildman–Crippen MR) is 66.7 cm³/mol. The number of para-hydroxylation sites is 1. The number of amides is 1. The van der Waals surface area contributed by atoms with Crippen molar-refractivity contribution in [1.29, 1.82) is 0 Å². The molecule has 2 nitrogen and oxygen atoms in total. The summed E-state index contributed by atoms with van der Waals surface area (Å²) >= 11 is 0. The summed E-state index contributed by atoms with van der Waals surface area (Å²) < 4.78 is 0. The predicted octanol–water partition coefficient (Wildman–Crippen LogP) is 2.76. The molecule has 1 aliphatic heterocycles. The molecular formula is C15H15NO. The van der Waals surface area contributed by atoms with E-state index in [0.717, 1.165) is 24.2 Å². The second-order valence-electron chi connectivity index (χ2n) is 5.82. The molecule has 0 N–H and O–H groups in total. The first-order chi connectivity index (χ1) is 8.19. The largest absolute Gasteiger partial charge is 0.305 e. The highest BCUT2D eigenvalue weighted by molar-refractivity contribution is 6.10. The normalized spacial score (nSPS) is 34.1. The lowest BCUT2D eigenvalue weighted by Gasteiger charge is -2.19. The van der Waals surface area contributed by atoms with Gasteiger partial charge < -0.3 is 4.90 Å². The van der Waals surface area contributed by atoms with E-state index in [0.29, 0.717) is 11.3 Å². The summed E-state index contributed by atoms with van der Waals surface area (Å²) in [7, 11) is 0. The monoisotopic (exact) mass is 225 g/mol. The maximum Gasteiger partial charge on any atom is 0.254 e. The van der Waals surface area contributed by atoms with Crippen LogP contribution in [0.5, 0.6) is 0 Å². The van der Waals surface area contributed by atoms with Gasteiger partial charge in [-0.15, -0.1) is 0 Å². The van der Waals surface area contributed by atoms with Gasteiger partial charge >= 0.3 is 0 Å². The molecule has 0 radical (unpaired) electrons. The third-order valence-corrected chi connectivity index (χ3v) is 4.64. The second-order valence-corrected chi connectivity index (χ2v) is 5.82. The Morgan fingerprint density at radius 3 is 2.76 bits per heavy atom. The molecule has 0 saturated heterocycles. The van der Waals surface area contributed by atoms with Crippen molar-refractivity contribution in [3.8, 4) is 0 Å². The smallest absolute Gasteiger partial charge is 0.254 e. The van der Waals surface area contributed by atoms with Gasteiger partial charge in [-0.25, -0.2) is 0 Å². The zero-order chi connectivity index (χ0) is 11.6. The van der Waals surface area contributed by atoms with Crippen LogP contribution in [0.15, 0.2) is 41.5 Å². The van der Waals surface area contributed by atoms with Gasteiger partial charge in [-0.05, 0) is 41.9 Å². The minimum Gasteiger partial charge on any atom is -0.305 e. The van der Waals surface area contributed by atoms with Crippen LogP contribution in [-0.4, -0.2) is 12.5 Å². The average Bonchev–Trinajstić information content (AvgIpc) is 2.77. The number of anilines is 1. The van der Waals surface area contributed by atoms with Crippen LogP contribution in [0.25, 0.3) is 0 Å². The van der Waals surface area contributed by atoms with Crippen molar-refractivity contribution in [2.75, 3.05) is 11.4 Å². The van der Waals surface area contributed by atoms with Crippen LogP contribution in [-0.2, 0) is 4.79 Å². The van der Waals surface area contributed by atoms with Crippen molar-refractivity contribution >= 4 is 11.6 Å². The number of hydrogen-bond donors (Lipinski definition) is 0. The molecule has 1 aromatic rings. The molecule has 1 amide bonds. The molecular weight excluding hydrogens is 210 g/mol. The minimum absolute atomic E-state index is 0.250. The molecule has 1 saturated carbocycles. The van der Waals surface area contributed by atoms with Gasteiger partial charge in [0.05, 0.1) is 0 Å². The zero-order valence-electron chi connectivity index (χ0n) is 9.94. The first kappa shape index (κ1) is 9.46. The van der Waals surface area contributed by atoms with Crippen molar-refractivity contribution in [3.63, 3.8) is 0 Å². The fraction of sp³-hybridized carbons (Fsp3) is 0.400. The molecule has 4 rings (SSSR count). The average molecular weight is 225 g/mol. The number of rotatable bonds is 1. The summed E-state index contributed by atoms with van der Waals surface area (Å²) in [4.78, 5) is 14.3. The molecule has 2 heteroatoms. The van der Waals surface area contributed by atoms with Crippen LogP contribution in [0.4, 0.5) is 5.69 Å². The van der Waals surface area contributed by atoms with E-state index in [1.807, 2.05) is 35.2 Å². The van der Waals surface area contributed by atoms with Crippen LogP contribution in [0.1, 0.15) is 19.8 Å². The van der Waals surface area contributed by atoms with Crippen LogP contribution < -0.4 is 4.90 Å². The van der Waals surface area contributed by atoms with Crippen molar-refractivity contribution in [3.05, 3.63) is 41.5 Å². The third kappa shape index (κ3) is 1.13. The third-order valence-electron chi connectivity index (χ3n) is 4.64. The number of benzene rings is 1.